The third-order valence-corrected chi connectivity index (χ3v) is 4.79. The summed E-state index contributed by atoms with van der Waals surface area (Å²) >= 11 is 0. The van der Waals surface area contributed by atoms with Gasteiger partial charge in [0, 0.05) is 13.5 Å². The normalized spacial score (nSPS) is 23.4. The molecule has 146 valence electrons. The number of carbonyl (C=O) groups is 2. The van der Waals surface area contributed by atoms with Gasteiger partial charge in [0.2, 0.25) is 11.8 Å². The Morgan fingerprint density at radius 2 is 1.96 bits per heavy atom. The third-order valence-electron chi connectivity index (χ3n) is 4.79. The number of amidine groups is 1. The van der Waals surface area contributed by atoms with Crippen molar-refractivity contribution in [2.24, 2.45) is 4.99 Å². The fourth-order valence-electron chi connectivity index (χ4n) is 3.61. The lowest BCUT2D eigenvalue weighted by Crippen LogP contribution is -2.63. The fraction of sp³-hybridized carbons (Fsp3) is 0.550. The van der Waals surface area contributed by atoms with Crippen molar-refractivity contribution in [1.29, 1.82) is 0 Å². The molecular weight excluding hydrogens is 342 g/mol. The van der Waals surface area contributed by atoms with Gasteiger partial charge in [-0.2, -0.15) is 0 Å². The minimum absolute atomic E-state index is 0.0289. The van der Waals surface area contributed by atoms with Crippen LogP contribution >= 0.6 is 0 Å². The summed E-state index contributed by atoms with van der Waals surface area (Å²) in [6, 6.07) is 8.05. The van der Waals surface area contributed by atoms with Crippen LogP contribution in [0.15, 0.2) is 29.3 Å². The van der Waals surface area contributed by atoms with E-state index < -0.39 is 5.54 Å². The molecule has 0 aliphatic carbocycles. The molecular formula is C20H29N5O2. The van der Waals surface area contributed by atoms with Gasteiger partial charge in [0.25, 0.3) is 0 Å². The average molecular weight is 371 g/mol. The van der Waals surface area contributed by atoms with Gasteiger partial charge in [0.15, 0.2) is 0 Å². The highest BCUT2D eigenvalue weighted by molar-refractivity contribution is 6.10. The molecule has 7 heteroatoms. The Hall–Kier alpha value is -2.57. The molecule has 3 rings (SSSR count). The van der Waals surface area contributed by atoms with E-state index >= 15 is 0 Å². The summed E-state index contributed by atoms with van der Waals surface area (Å²) in [6.07, 6.45) is 1.75. The van der Waals surface area contributed by atoms with Crippen LogP contribution in [-0.2, 0) is 9.59 Å². The van der Waals surface area contributed by atoms with Crippen molar-refractivity contribution in [1.82, 2.24) is 10.2 Å². The molecule has 0 saturated carbocycles. The van der Waals surface area contributed by atoms with Crippen LogP contribution in [0.2, 0.25) is 0 Å². The van der Waals surface area contributed by atoms with E-state index in [1.54, 1.807) is 0 Å². The molecule has 0 radical (unpaired) electrons. The standard InChI is InChI=1S/C20H29N5O2/c1-14(26)21-12-17(27)25-11-7-10-20(13-25)18(24-19(2,3)4)22-15-8-5-6-9-16(15)23-20/h5-6,8-9,23H,7,10-13H2,1-4H3,(H,21,26)(H,22,24). The second-order valence-corrected chi connectivity index (χ2v) is 8.34. The maximum Gasteiger partial charge on any atom is 0.242 e. The van der Waals surface area contributed by atoms with Gasteiger partial charge < -0.3 is 20.9 Å². The second kappa shape index (κ2) is 7.21. The fourth-order valence-corrected chi connectivity index (χ4v) is 3.61. The van der Waals surface area contributed by atoms with Crippen molar-refractivity contribution in [2.45, 2.75) is 51.6 Å². The Labute approximate surface area is 160 Å². The number of nitrogens with one attached hydrogen (secondary N) is 3. The molecule has 1 fully saturated rings. The zero-order chi connectivity index (χ0) is 19.7. The van der Waals surface area contributed by atoms with Gasteiger partial charge in [0.1, 0.15) is 11.4 Å². The van der Waals surface area contributed by atoms with E-state index in [1.165, 1.54) is 6.92 Å². The third kappa shape index (κ3) is 4.40. The number of carbonyl (C=O) groups excluding carboxylic acids is 2. The number of hydrogen-bond acceptors (Lipinski definition) is 4. The van der Waals surface area contributed by atoms with Gasteiger partial charge in [-0.25, -0.2) is 0 Å². The smallest absolute Gasteiger partial charge is 0.242 e. The van der Waals surface area contributed by atoms with Crippen molar-refractivity contribution in [3.63, 3.8) is 0 Å². The summed E-state index contributed by atoms with van der Waals surface area (Å²) in [4.78, 5) is 30.5. The Balaban J connectivity index is 1.91. The second-order valence-electron chi connectivity index (χ2n) is 8.34. The van der Waals surface area contributed by atoms with E-state index in [0.717, 1.165) is 30.1 Å². The van der Waals surface area contributed by atoms with Crippen molar-refractivity contribution < 1.29 is 9.59 Å². The van der Waals surface area contributed by atoms with Crippen LogP contribution in [-0.4, -0.2) is 53.3 Å². The van der Waals surface area contributed by atoms with Crippen molar-refractivity contribution in [3.8, 4) is 0 Å². The molecule has 0 aromatic heterocycles. The molecule has 1 aromatic rings. The summed E-state index contributed by atoms with van der Waals surface area (Å²) in [7, 11) is 0. The van der Waals surface area contributed by atoms with E-state index in [2.05, 4.69) is 36.7 Å². The predicted octanol–water partition coefficient (Wildman–Crippen LogP) is 2.22. The minimum Gasteiger partial charge on any atom is -0.370 e. The molecule has 1 saturated heterocycles. The molecule has 1 unspecified atom stereocenters. The number of amides is 2. The summed E-state index contributed by atoms with van der Waals surface area (Å²) < 4.78 is 0. The number of nitrogens with zero attached hydrogens (tertiary/aromatic N) is 2. The number of fused-ring (bicyclic) bond motifs is 1. The molecule has 3 N–H and O–H groups in total. The van der Waals surface area contributed by atoms with Gasteiger partial charge in [-0.05, 0) is 45.7 Å². The molecule has 7 nitrogen and oxygen atoms in total. The van der Waals surface area contributed by atoms with Crippen molar-refractivity contribution >= 4 is 29.0 Å². The quantitative estimate of drug-likeness (QED) is 0.744. The molecule has 0 bridgehead atoms. The lowest BCUT2D eigenvalue weighted by molar-refractivity contribution is -0.133. The number of aliphatic imine (C=N–C) groups is 1. The topological polar surface area (TPSA) is 85.8 Å². The van der Waals surface area contributed by atoms with E-state index in [1.807, 2.05) is 29.2 Å². The molecule has 1 atom stereocenters. The first-order valence-electron chi connectivity index (χ1n) is 9.45. The predicted molar refractivity (Wildman–Crippen MR) is 108 cm³/mol. The van der Waals surface area contributed by atoms with E-state index in [4.69, 9.17) is 4.99 Å². The van der Waals surface area contributed by atoms with E-state index in [9.17, 15) is 9.59 Å². The summed E-state index contributed by atoms with van der Waals surface area (Å²) in [6.45, 7) is 8.85. The first-order valence-corrected chi connectivity index (χ1v) is 9.45. The molecule has 2 aliphatic heterocycles. The Morgan fingerprint density at radius 3 is 2.63 bits per heavy atom. The molecule has 2 amide bonds. The highest BCUT2D eigenvalue weighted by Gasteiger charge is 2.45. The van der Waals surface area contributed by atoms with Gasteiger partial charge >= 0.3 is 0 Å². The van der Waals surface area contributed by atoms with E-state index in [-0.39, 0.29) is 23.9 Å². The minimum atomic E-state index is -0.453. The molecule has 2 aliphatic rings. The number of piperidine rings is 1. The van der Waals surface area contributed by atoms with Gasteiger partial charge in [-0.1, -0.05) is 12.1 Å². The number of likely N-dealkylation sites (tertiary alicyclic amines) is 1. The Bertz CT molecular complexity index is 768. The van der Waals surface area contributed by atoms with Crippen LogP contribution in [0.3, 0.4) is 0 Å². The zero-order valence-corrected chi connectivity index (χ0v) is 16.6. The Kier molecular flexibility index (Phi) is 5.13. The van der Waals surface area contributed by atoms with Crippen LogP contribution in [0.25, 0.3) is 0 Å². The number of rotatable bonds is 2. The highest BCUT2D eigenvalue weighted by Crippen LogP contribution is 2.36. The lowest BCUT2D eigenvalue weighted by atomic mass is 9.84. The maximum atomic E-state index is 12.6. The van der Waals surface area contributed by atoms with Crippen LogP contribution in [0, 0.1) is 0 Å². The molecule has 1 spiro atoms. The SMILES string of the molecule is CC(=O)NCC(=O)N1CCCC2(C1)Nc1ccccc1NC2=NC(C)(C)C. The van der Waals surface area contributed by atoms with Crippen molar-refractivity contribution in [2.75, 3.05) is 30.3 Å². The largest absolute Gasteiger partial charge is 0.370 e. The summed E-state index contributed by atoms with van der Waals surface area (Å²) in [5, 5.41) is 9.77. The average Bonchev–Trinajstić information content (AvgIpc) is 2.59. The first-order chi connectivity index (χ1) is 12.7. The van der Waals surface area contributed by atoms with Gasteiger partial charge in [-0.15, -0.1) is 0 Å². The number of para-hydroxylation sites is 2. The zero-order valence-electron chi connectivity index (χ0n) is 16.6. The Morgan fingerprint density at radius 1 is 1.26 bits per heavy atom. The maximum absolute atomic E-state index is 12.6. The van der Waals surface area contributed by atoms with E-state index in [0.29, 0.717) is 13.1 Å². The number of hydrogen-bond donors (Lipinski definition) is 3. The molecule has 27 heavy (non-hydrogen) atoms. The van der Waals surface area contributed by atoms with Crippen LogP contribution in [0.4, 0.5) is 11.4 Å². The molecule has 2 heterocycles. The highest BCUT2D eigenvalue weighted by atomic mass is 16.2. The van der Waals surface area contributed by atoms with Crippen molar-refractivity contribution in [3.05, 3.63) is 24.3 Å². The lowest BCUT2D eigenvalue weighted by Gasteiger charge is -2.47. The monoisotopic (exact) mass is 371 g/mol. The summed E-state index contributed by atoms with van der Waals surface area (Å²) in [5.74, 6) is 0.599. The number of benzene rings is 1. The first kappa shape index (κ1) is 19.2. The summed E-state index contributed by atoms with van der Waals surface area (Å²) in [5.41, 5.74) is 1.31. The van der Waals surface area contributed by atoms with Crippen LogP contribution in [0.5, 0.6) is 0 Å². The van der Waals surface area contributed by atoms with Crippen LogP contribution < -0.4 is 16.0 Å². The van der Waals surface area contributed by atoms with Crippen LogP contribution in [0.1, 0.15) is 40.5 Å². The van der Waals surface area contributed by atoms with Gasteiger partial charge in [0.05, 0.1) is 30.0 Å². The number of anilines is 2. The van der Waals surface area contributed by atoms with Gasteiger partial charge in [-0.3, -0.25) is 14.6 Å². The molecule has 1 aromatic carbocycles.